The van der Waals surface area contributed by atoms with Gasteiger partial charge >= 0.3 is 0 Å². The monoisotopic (exact) mass is 285 g/mol. The zero-order valence-electron chi connectivity index (χ0n) is 11.5. The smallest absolute Gasteiger partial charge is 0.274 e. The Morgan fingerprint density at radius 2 is 2.05 bits per heavy atom. The Kier molecular flexibility index (Phi) is 4.87. The van der Waals surface area contributed by atoms with Crippen molar-refractivity contribution in [2.45, 2.75) is 0 Å². The summed E-state index contributed by atoms with van der Waals surface area (Å²) in [6.45, 7) is -0.0753. The lowest BCUT2D eigenvalue weighted by Crippen LogP contribution is -2.24. The van der Waals surface area contributed by atoms with Crippen LogP contribution >= 0.6 is 0 Å². The molecule has 0 aliphatic carbocycles. The topological polar surface area (TPSA) is 80.3 Å². The Hall–Kier alpha value is -2.89. The number of likely N-dealkylation sites (N-methyl/N-ethyl adjacent to an activating group) is 1. The minimum absolute atomic E-state index is 0.0753. The van der Waals surface area contributed by atoms with Crippen LogP contribution in [0.25, 0.3) is 0 Å². The van der Waals surface area contributed by atoms with Crippen LogP contribution in [0.5, 0.6) is 5.75 Å². The predicted molar refractivity (Wildman–Crippen MR) is 78.2 cm³/mol. The molecule has 6 heteroatoms. The lowest BCUT2D eigenvalue weighted by Gasteiger charge is -2.08. The number of nitrogens with zero attached hydrogens (tertiary/aromatic N) is 1. The van der Waals surface area contributed by atoms with Gasteiger partial charge in [-0.3, -0.25) is 14.6 Å². The van der Waals surface area contributed by atoms with Crippen molar-refractivity contribution in [1.29, 1.82) is 0 Å². The molecule has 2 N–H and O–H groups in total. The van der Waals surface area contributed by atoms with E-state index in [0.717, 1.165) is 0 Å². The molecule has 0 saturated carbocycles. The fraction of sp³-hybridized carbons (Fsp3) is 0.133. The van der Waals surface area contributed by atoms with Crippen LogP contribution in [0.3, 0.4) is 0 Å². The molecule has 2 rings (SSSR count). The summed E-state index contributed by atoms with van der Waals surface area (Å²) in [5.41, 5.74) is 0.897. The van der Waals surface area contributed by atoms with Gasteiger partial charge in [-0.25, -0.2) is 0 Å². The average molecular weight is 285 g/mol. The summed E-state index contributed by atoms with van der Waals surface area (Å²) in [7, 11) is 1.54. The molecule has 2 aromatic rings. The van der Waals surface area contributed by atoms with E-state index >= 15 is 0 Å². The van der Waals surface area contributed by atoms with E-state index in [0.29, 0.717) is 17.1 Å². The van der Waals surface area contributed by atoms with Crippen molar-refractivity contribution < 1.29 is 14.3 Å². The van der Waals surface area contributed by atoms with Gasteiger partial charge in [0.25, 0.3) is 11.8 Å². The molecule has 0 aliphatic rings. The summed E-state index contributed by atoms with van der Waals surface area (Å²) < 4.78 is 5.31. The molecule has 0 atom stereocenters. The molecule has 0 aliphatic heterocycles. The highest BCUT2D eigenvalue weighted by Crippen LogP contribution is 2.17. The third kappa shape index (κ3) is 4.31. The first-order valence-electron chi connectivity index (χ1n) is 6.35. The highest BCUT2D eigenvalue weighted by atomic mass is 16.5. The lowest BCUT2D eigenvalue weighted by molar-refractivity contribution is -0.122. The molecule has 0 radical (unpaired) electrons. The first-order chi connectivity index (χ1) is 10.2. The Morgan fingerprint density at radius 3 is 2.76 bits per heavy atom. The molecule has 1 aromatic heterocycles. The van der Waals surface area contributed by atoms with Gasteiger partial charge in [-0.2, -0.15) is 0 Å². The van der Waals surface area contributed by atoms with E-state index < -0.39 is 0 Å². The number of amides is 2. The quantitative estimate of drug-likeness (QED) is 0.871. The van der Waals surface area contributed by atoms with Gasteiger partial charge in [0.15, 0.2) is 6.61 Å². The first kappa shape index (κ1) is 14.5. The van der Waals surface area contributed by atoms with Crippen molar-refractivity contribution in [3.8, 4) is 5.75 Å². The zero-order chi connectivity index (χ0) is 15.1. The zero-order valence-corrected chi connectivity index (χ0v) is 11.5. The van der Waals surface area contributed by atoms with Crippen LogP contribution in [0.2, 0.25) is 0 Å². The van der Waals surface area contributed by atoms with Crippen molar-refractivity contribution in [3.05, 3.63) is 54.4 Å². The van der Waals surface area contributed by atoms with Gasteiger partial charge in [-0.1, -0.05) is 12.1 Å². The highest BCUT2D eigenvalue weighted by Gasteiger charge is 2.07. The van der Waals surface area contributed by atoms with Gasteiger partial charge in [0.2, 0.25) is 0 Å². The number of carbonyl (C=O) groups excluding carboxylic acids is 2. The van der Waals surface area contributed by atoms with Crippen molar-refractivity contribution in [1.82, 2.24) is 10.3 Å². The van der Waals surface area contributed by atoms with Gasteiger partial charge in [0.05, 0.1) is 0 Å². The second-order valence-corrected chi connectivity index (χ2v) is 4.16. The summed E-state index contributed by atoms with van der Waals surface area (Å²) in [5, 5.41) is 5.18. The van der Waals surface area contributed by atoms with Crippen molar-refractivity contribution in [3.63, 3.8) is 0 Å². The maximum Gasteiger partial charge on any atom is 0.274 e. The number of carbonyl (C=O) groups is 2. The van der Waals surface area contributed by atoms with E-state index in [9.17, 15) is 9.59 Å². The van der Waals surface area contributed by atoms with E-state index in [2.05, 4.69) is 15.6 Å². The molecule has 0 fully saturated rings. The Balaban J connectivity index is 2.01. The first-order valence-corrected chi connectivity index (χ1v) is 6.35. The predicted octanol–water partition coefficient (Wildman–Crippen LogP) is 1.46. The number of benzene rings is 1. The summed E-state index contributed by atoms with van der Waals surface area (Å²) in [6.07, 6.45) is 1.55. The van der Waals surface area contributed by atoms with Crippen LogP contribution in [0.1, 0.15) is 10.5 Å². The van der Waals surface area contributed by atoms with Crippen molar-refractivity contribution in [2.75, 3.05) is 19.0 Å². The summed E-state index contributed by atoms with van der Waals surface area (Å²) in [4.78, 5) is 27.0. The molecule has 21 heavy (non-hydrogen) atoms. The van der Waals surface area contributed by atoms with Crippen molar-refractivity contribution in [2.24, 2.45) is 0 Å². The standard InChI is InChI=1S/C15H15N3O3/c1-16-14(19)10-21-12-6-4-5-11(9-12)18-15(20)13-7-2-3-8-17-13/h2-9H,10H2,1H3,(H,16,19)(H,18,20). The van der Waals surface area contributed by atoms with Crippen LogP contribution in [0.4, 0.5) is 5.69 Å². The molecule has 6 nitrogen and oxygen atoms in total. The van der Waals surface area contributed by atoms with Crippen LogP contribution in [0, 0.1) is 0 Å². The number of hydrogen-bond acceptors (Lipinski definition) is 4. The van der Waals surface area contributed by atoms with Gasteiger partial charge in [-0.05, 0) is 24.3 Å². The van der Waals surface area contributed by atoms with Crippen LogP contribution < -0.4 is 15.4 Å². The van der Waals surface area contributed by atoms with E-state index in [1.807, 2.05) is 0 Å². The van der Waals surface area contributed by atoms with E-state index in [1.54, 1.807) is 48.7 Å². The summed E-state index contributed by atoms with van der Waals surface area (Å²) >= 11 is 0. The maximum atomic E-state index is 12.0. The molecule has 0 saturated heterocycles. The Bertz CT molecular complexity index is 629. The van der Waals surface area contributed by atoms with Crippen molar-refractivity contribution >= 4 is 17.5 Å². The highest BCUT2D eigenvalue weighted by molar-refractivity contribution is 6.02. The second-order valence-electron chi connectivity index (χ2n) is 4.16. The molecule has 0 unspecified atom stereocenters. The van der Waals surface area contributed by atoms with Gasteiger partial charge in [0.1, 0.15) is 11.4 Å². The van der Waals surface area contributed by atoms with Crippen LogP contribution in [-0.2, 0) is 4.79 Å². The fourth-order valence-electron chi connectivity index (χ4n) is 1.58. The van der Waals surface area contributed by atoms with Crippen LogP contribution in [-0.4, -0.2) is 30.5 Å². The molecular formula is C15H15N3O3. The molecule has 1 aromatic carbocycles. The van der Waals surface area contributed by atoms with E-state index in [1.165, 1.54) is 7.05 Å². The maximum absolute atomic E-state index is 12.0. The Morgan fingerprint density at radius 1 is 1.19 bits per heavy atom. The average Bonchev–Trinajstić information content (AvgIpc) is 2.53. The molecule has 0 spiro atoms. The van der Waals surface area contributed by atoms with Crippen LogP contribution in [0.15, 0.2) is 48.7 Å². The second kappa shape index (κ2) is 7.04. The third-order valence-corrected chi connectivity index (χ3v) is 2.64. The largest absolute Gasteiger partial charge is 0.484 e. The van der Waals surface area contributed by atoms with E-state index in [-0.39, 0.29) is 18.4 Å². The number of anilines is 1. The molecule has 0 bridgehead atoms. The minimum Gasteiger partial charge on any atom is -0.484 e. The van der Waals surface area contributed by atoms with Gasteiger partial charge < -0.3 is 15.4 Å². The number of ether oxygens (including phenoxy) is 1. The SMILES string of the molecule is CNC(=O)COc1cccc(NC(=O)c2ccccn2)c1. The molecule has 2 amide bonds. The summed E-state index contributed by atoms with van der Waals surface area (Å²) in [5.74, 6) is -0.0330. The van der Waals surface area contributed by atoms with Gasteiger partial charge in [0, 0.05) is 25.0 Å². The lowest BCUT2D eigenvalue weighted by atomic mass is 10.2. The number of aromatic nitrogens is 1. The molecule has 108 valence electrons. The summed E-state index contributed by atoms with van der Waals surface area (Å²) in [6, 6.07) is 11.9. The fourth-order valence-corrected chi connectivity index (χ4v) is 1.58. The molecular weight excluding hydrogens is 270 g/mol. The minimum atomic E-state index is -0.306. The van der Waals surface area contributed by atoms with Gasteiger partial charge in [-0.15, -0.1) is 0 Å². The number of rotatable bonds is 5. The van der Waals surface area contributed by atoms with E-state index in [4.69, 9.17) is 4.74 Å². The third-order valence-electron chi connectivity index (χ3n) is 2.64. The molecule has 1 heterocycles. The number of nitrogens with one attached hydrogen (secondary N) is 2. The number of pyridine rings is 1. The number of hydrogen-bond donors (Lipinski definition) is 2. The Labute approximate surface area is 122 Å². The normalized spacial score (nSPS) is 9.76.